The highest BCUT2D eigenvalue weighted by Gasteiger charge is 2.21. The third-order valence-electron chi connectivity index (χ3n) is 15.0. The number of furan rings is 1. The van der Waals surface area contributed by atoms with Gasteiger partial charge in [0.25, 0.3) is 0 Å². The Bertz CT molecular complexity index is 4630. The van der Waals surface area contributed by atoms with Gasteiger partial charge in [0.2, 0.25) is 0 Å². The van der Waals surface area contributed by atoms with Crippen molar-refractivity contribution in [1.82, 2.24) is 0 Å². The third-order valence-corrected chi connectivity index (χ3v) is 17.5. The normalized spacial score (nSPS) is 11.6. The number of hydrogen-bond donors (Lipinski definition) is 0. The lowest BCUT2D eigenvalue weighted by molar-refractivity contribution is 0.669. The maximum atomic E-state index is 6.36. The second-order valence-corrected chi connectivity index (χ2v) is 21.8. The quantitative estimate of drug-likeness (QED) is 0.129. The first-order valence-corrected chi connectivity index (χ1v) is 27.9. The van der Waals surface area contributed by atoms with Crippen molar-refractivity contribution < 1.29 is 4.42 Å². The van der Waals surface area contributed by atoms with Crippen molar-refractivity contribution in [2.45, 2.75) is 0 Å². The van der Waals surface area contributed by atoms with Crippen molar-refractivity contribution in [2.75, 3.05) is 14.7 Å². The van der Waals surface area contributed by atoms with Gasteiger partial charge in [0, 0.05) is 108 Å². The van der Waals surface area contributed by atoms with Crippen LogP contribution in [0.25, 0.3) is 84.5 Å². The lowest BCUT2D eigenvalue weighted by Gasteiger charge is -2.25. The summed E-state index contributed by atoms with van der Waals surface area (Å²) in [6.07, 6.45) is 0. The van der Waals surface area contributed by atoms with E-state index in [2.05, 4.69) is 288 Å². The van der Waals surface area contributed by atoms with Crippen LogP contribution >= 0.6 is 22.7 Å². The number of fused-ring (bicyclic) bond motifs is 9. The van der Waals surface area contributed by atoms with Crippen LogP contribution in [0.4, 0.5) is 51.2 Å². The minimum Gasteiger partial charge on any atom is -0.456 e. The van der Waals surface area contributed by atoms with Gasteiger partial charge in [0.15, 0.2) is 0 Å². The summed E-state index contributed by atoms with van der Waals surface area (Å²) in [5, 5.41) is 7.26. The number of nitrogens with zero attached hydrogens (tertiary/aromatic N) is 3. The summed E-state index contributed by atoms with van der Waals surface area (Å²) in [5.41, 5.74) is 16.5. The van der Waals surface area contributed by atoms with E-state index in [4.69, 9.17) is 4.42 Å². The average Bonchev–Trinajstić information content (AvgIpc) is 4.26. The Labute approximate surface area is 459 Å². The van der Waals surface area contributed by atoms with Crippen LogP contribution in [0.3, 0.4) is 0 Å². The van der Waals surface area contributed by atoms with Crippen LogP contribution in [0.5, 0.6) is 0 Å². The number of anilines is 9. The molecule has 0 aliphatic heterocycles. The van der Waals surface area contributed by atoms with E-state index in [0.29, 0.717) is 0 Å². The lowest BCUT2D eigenvalue weighted by Crippen LogP contribution is -2.09. The fraction of sp³-hybridized carbons (Fsp3) is 0. The van der Waals surface area contributed by atoms with Crippen molar-refractivity contribution in [2.24, 2.45) is 0 Å². The SMILES string of the molecule is c1ccc(N(c2ccccc2)c2ccc(-c3cccc4c3sc3ccc(N(c5ccccc5)c5ccc6sc7c(-c8ccc(N(c9ccccc9)c9ccc%10c(c9)oc9ccccc9%10)cc8)cccc7c6c5)cc34)cc2)cc1. The molecule has 3 heterocycles. The Balaban J connectivity index is 0.772. The van der Waals surface area contributed by atoms with E-state index in [1.807, 2.05) is 34.8 Å². The van der Waals surface area contributed by atoms with E-state index in [1.54, 1.807) is 0 Å². The molecule has 0 saturated carbocycles. The molecule has 368 valence electrons. The van der Waals surface area contributed by atoms with Crippen LogP contribution in [-0.2, 0) is 0 Å². The first-order valence-electron chi connectivity index (χ1n) is 26.3. The monoisotopic (exact) mass is 1030 g/mol. The zero-order chi connectivity index (χ0) is 51.5. The van der Waals surface area contributed by atoms with Gasteiger partial charge in [-0.15, -0.1) is 22.7 Å². The molecular weight excluding hydrogens is 987 g/mol. The number of para-hydroxylation sites is 5. The molecule has 0 bridgehead atoms. The van der Waals surface area contributed by atoms with Gasteiger partial charge < -0.3 is 19.1 Å². The maximum absolute atomic E-state index is 6.36. The Morgan fingerprint density at radius 1 is 0.231 bits per heavy atom. The highest BCUT2D eigenvalue weighted by Crippen LogP contribution is 2.48. The number of hydrogen-bond acceptors (Lipinski definition) is 6. The molecule has 0 fully saturated rings. The molecule has 0 spiro atoms. The minimum absolute atomic E-state index is 0.873. The minimum atomic E-state index is 0.873. The molecule has 0 unspecified atom stereocenters. The Kier molecular flexibility index (Phi) is 11.2. The van der Waals surface area contributed by atoms with E-state index in [9.17, 15) is 0 Å². The van der Waals surface area contributed by atoms with Crippen LogP contribution in [0, 0.1) is 0 Å². The van der Waals surface area contributed by atoms with Crippen molar-refractivity contribution in [1.29, 1.82) is 0 Å². The average molecular weight is 1030 g/mol. The molecule has 15 rings (SSSR count). The molecule has 4 nitrogen and oxygen atoms in total. The van der Waals surface area contributed by atoms with E-state index >= 15 is 0 Å². The zero-order valence-corrected chi connectivity index (χ0v) is 43.8. The summed E-state index contributed by atoms with van der Waals surface area (Å²) in [5.74, 6) is 0. The Morgan fingerprint density at radius 3 is 1.05 bits per heavy atom. The second kappa shape index (κ2) is 19.1. The molecular formula is C72H47N3OS2. The van der Waals surface area contributed by atoms with Gasteiger partial charge in [-0.3, -0.25) is 0 Å². The van der Waals surface area contributed by atoms with E-state index in [-0.39, 0.29) is 0 Å². The molecule has 15 aromatic rings. The van der Waals surface area contributed by atoms with Crippen molar-refractivity contribution in [3.63, 3.8) is 0 Å². The van der Waals surface area contributed by atoms with Crippen LogP contribution in [0.1, 0.15) is 0 Å². The van der Waals surface area contributed by atoms with Crippen LogP contribution in [0.15, 0.2) is 290 Å². The van der Waals surface area contributed by atoms with Gasteiger partial charge >= 0.3 is 0 Å². The predicted octanol–water partition coefficient (Wildman–Crippen LogP) is 22.1. The van der Waals surface area contributed by atoms with Gasteiger partial charge in [-0.05, 0) is 150 Å². The van der Waals surface area contributed by atoms with Crippen molar-refractivity contribution >= 4 is 136 Å². The second-order valence-electron chi connectivity index (χ2n) is 19.7. The van der Waals surface area contributed by atoms with Crippen molar-refractivity contribution in [3.8, 4) is 22.3 Å². The smallest absolute Gasteiger partial charge is 0.137 e. The number of thiophene rings is 2. The lowest BCUT2D eigenvalue weighted by atomic mass is 10.0. The van der Waals surface area contributed by atoms with Gasteiger partial charge in [-0.25, -0.2) is 0 Å². The molecule has 0 N–H and O–H groups in total. The maximum Gasteiger partial charge on any atom is 0.137 e. The van der Waals surface area contributed by atoms with Crippen LogP contribution < -0.4 is 14.7 Å². The third kappa shape index (κ3) is 7.97. The molecule has 78 heavy (non-hydrogen) atoms. The van der Waals surface area contributed by atoms with Gasteiger partial charge in [0.05, 0.1) is 0 Å². The summed E-state index contributed by atoms with van der Waals surface area (Å²) < 4.78 is 11.5. The standard InChI is InChI=1S/C72H47N3OS2/c1-5-17-50(18-6-1)73(51-19-7-2-8-20-51)54-35-31-48(32-36-54)59-26-15-28-63-65-45-56(40-43-69(65)77-71(59)63)75(53-23-11-4-12-24-53)57-41-44-70-66(46-57)64-29-16-27-60(72(64)78-70)49-33-37-55(38-34-49)74(52-21-9-3-10-22-52)58-39-42-62-61-25-13-14-30-67(61)76-68(62)47-58/h1-47H. The summed E-state index contributed by atoms with van der Waals surface area (Å²) in [7, 11) is 0. The molecule has 0 aliphatic rings. The van der Waals surface area contributed by atoms with E-state index < -0.39 is 0 Å². The van der Waals surface area contributed by atoms with Gasteiger partial charge in [-0.2, -0.15) is 0 Å². The number of rotatable bonds is 11. The van der Waals surface area contributed by atoms with Crippen LogP contribution in [0.2, 0.25) is 0 Å². The summed E-state index contributed by atoms with van der Waals surface area (Å²) in [6.45, 7) is 0. The predicted molar refractivity (Wildman–Crippen MR) is 334 cm³/mol. The topological polar surface area (TPSA) is 22.9 Å². The summed E-state index contributed by atoms with van der Waals surface area (Å²) in [6, 6.07) is 103. The molecule has 3 aromatic heterocycles. The first-order chi connectivity index (χ1) is 38.7. The van der Waals surface area contributed by atoms with Crippen molar-refractivity contribution in [3.05, 3.63) is 285 Å². The molecule has 12 aromatic carbocycles. The van der Waals surface area contributed by atoms with Crippen LogP contribution in [-0.4, -0.2) is 0 Å². The highest BCUT2D eigenvalue weighted by molar-refractivity contribution is 7.26. The Hall–Kier alpha value is -9.72. The summed E-state index contributed by atoms with van der Waals surface area (Å²) >= 11 is 3.74. The number of benzene rings is 12. The molecule has 0 atom stereocenters. The molecule has 0 aliphatic carbocycles. The molecule has 6 heteroatoms. The molecule has 0 amide bonds. The Morgan fingerprint density at radius 2 is 0.577 bits per heavy atom. The molecule has 0 radical (unpaired) electrons. The molecule has 0 saturated heterocycles. The first kappa shape index (κ1) is 45.7. The fourth-order valence-corrected chi connectivity index (χ4v) is 13.8. The van der Waals surface area contributed by atoms with E-state index in [1.165, 1.54) is 62.6 Å². The highest BCUT2D eigenvalue weighted by atomic mass is 32.1. The zero-order valence-electron chi connectivity index (χ0n) is 42.2. The van der Waals surface area contributed by atoms with E-state index in [0.717, 1.165) is 73.1 Å². The largest absolute Gasteiger partial charge is 0.456 e. The van der Waals surface area contributed by atoms with Gasteiger partial charge in [-0.1, -0.05) is 152 Å². The van der Waals surface area contributed by atoms with Gasteiger partial charge in [0.1, 0.15) is 11.2 Å². The fourth-order valence-electron chi connectivity index (χ4n) is 11.4. The summed E-state index contributed by atoms with van der Waals surface area (Å²) in [4.78, 5) is 7.03.